The zero-order chi connectivity index (χ0) is 16.2. The Morgan fingerprint density at radius 1 is 1.52 bits per heavy atom. The van der Waals surface area contributed by atoms with E-state index in [0.29, 0.717) is 19.6 Å². The van der Waals surface area contributed by atoms with Gasteiger partial charge < -0.3 is 14.6 Å². The third-order valence-corrected chi connectivity index (χ3v) is 3.92. The number of nitrogens with zero attached hydrogens (tertiary/aromatic N) is 3. The van der Waals surface area contributed by atoms with Gasteiger partial charge in [0.05, 0.1) is 25.3 Å². The summed E-state index contributed by atoms with van der Waals surface area (Å²) >= 11 is 0. The minimum Gasteiger partial charge on any atom is -0.467 e. The molecule has 2 amide bonds. The van der Waals surface area contributed by atoms with Crippen molar-refractivity contribution in [3.63, 3.8) is 0 Å². The number of nitrogens with one attached hydrogen (secondary N) is 1. The van der Waals surface area contributed by atoms with Gasteiger partial charge in [-0.3, -0.25) is 14.3 Å². The summed E-state index contributed by atoms with van der Waals surface area (Å²) in [5, 5.41) is 7.08. The number of hydrogen-bond donors (Lipinski definition) is 1. The highest BCUT2D eigenvalue weighted by Gasteiger charge is 2.34. The zero-order valence-corrected chi connectivity index (χ0v) is 13.0. The minimum absolute atomic E-state index is 0.0127. The lowest BCUT2D eigenvalue weighted by molar-refractivity contribution is -0.129. The summed E-state index contributed by atoms with van der Waals surface area (Å²) in [5.74, 6) is 0.324. The SMILES string of the molecule is C[C@@H](Cn1cccn1)NC(=O)[C@H]1CC(=O)N(Cc2ccco2)C1. The highest BCUT2D eigenvalue weighted by atomic mass is 16.3. The molecule has 1 aliphatic heterocycles. The van der Waals surface area contributed by atoms with Gasteiger partial charge >= 0.3 is 0 Å². The van der Waals surface area contributed by atoms with Crippen LogP contribution in [0.2, 0.25) is 0 Å². The van der Waals surface area contributed by atoms with Crippen LogP contribution < -0.4 is 5.32 Å². The fraction of sp³-hybridized carbons (Fsp3) is 0.438. The molecular formula is C16H20N4O3. The number of likely N-dealkylation sites (tertiary alicyclic amines) is 1. The number of furan rings is 1. The molecule has 0 spiro atoms. The fourth-order valence-electron chi connectivity index (χ4n) is 2.79. The molecule has 7 nitrogen and oxygen atoms in total. The summed E-state index contributed by atoms with van der Waals surface area (Å²) in [4.78, 5) is 26.1. The minimum atomic E-state index is -0.308. The number of aromatic nitrogens is 2. The predicted octanol–water partition coefficient (Wildman–Crippen LogP) is 1.03. The van der Waals surface area contributed by atoms with Crippen molar-refractivity contribution in [1.82, 2.24) is 20.0 Å². The first kappa shape index (κ1) is 15.3. The molecule has 0 radical (unpaired) electrons. The quantitative estimate of drug-likeness (QED) is 0.863. The zero-order valence-electron chi connectivity index (χ0n) is 13.0. The van der Waals surface area contributed by atoms with Crippen molar-refractivity contribution in [2.75, 3.05) is 6.54 Å². The van der Waals surface area contributed by atoms with Gasteiger partial charge in [-0.05, 0) is 25.1 Å². The normalized spacial score (nSPS) is 19.1. The lowest BCUT2D eigenvalue weighted by Gasteiger charge is -2.18. The Balaban J connectivity index is 1.51. The van der Waals surface area contributed by atoms with Crippen LogP contribution in [0.3, 0.4) is 0 Å². The second kappa shape index (κ2) is 6.68. The van der Waals surface area contributed by atoms with Crippen LogP contribution in [0.5, 0.6) is 0 Å². The van der Waals surface area contributed by atoms with Crippen LogP contribution in [0.25, 0.3) is 0 Å². The van der Waals surface area contributed by atoms with E-state index in [2.05, 4.69) is 10.4 Å². The summed E-state index contributed by atoms with van der Waals surface area (Å²) in [6.07, 6.45) is 5.39. The van der Waals surface area contributed by atoms with Gasteiger partial charge in [-0.25, -0.2) is 0 Å². The van der Waals surface area contributed by atoms with Crippen LogP contribution >= 0.6 is 0 Å². The third kappa shape index (κ3) is 3.80. The summed E-state index contributed by atoms with van der Waals surface area (Å²) in [5.41, 5.74) is 0. The predicted molar refractivity (Wildman–Crippen MR) is 82.1 cm³/mol. The molecule has 0 saturated carbocycles. The first-order valence-corrected chi connectivity index (χ1v) is 7.70. The monoisotopic (exact) mass is 316 g/mol. The molecule has 0 aromatic carbocycles. The Hall–Kier alpha value is -2.57. The van der Waals surface area contributed by atoms with Gasteiger partial charge in [-0.1, -0.05) is 0 Å². The van der Waals surface area contributed by atoms with E-state index in [4.69, 9.17) is 4.42 Å². The lowest BCUT2D eigenvalue weighted by atomic mass is 10.1. The second-order valence-electron chi connectivity index (χ2n) is 5.89. The third-order valence-electron chi connectivity index (χ3n) is 3.92. The van der Waals surface area contributed by atoms with Gasteiger partial charge in [-0.2, -0.15) is 5.10 Å². The number of carbonyl (C=O) groups is 2. The van der Waals surface area contributed by atoms with E-state index in [0.717, 1.165) is 5.76 Å². The van der Waals surface area contributed by atoms with Crippen molar-refractivity contribution in [3.8, 4) is 0 Å². The Bertz CT molecular complexity index is 651. The molecule has 7 heteroatoms. The largest absolute Gasteiger partial charge is 0.467 e. The molecule has 122 valence electrons. The van der Waals surface area contributed by atoms with Gasteiger partial charge in [-0.15, -0.1) is 0 Å². The Morgan fingerprint density at radius 3 is 3.09 bits per heavy atom. The van der Waals surface area contributed by atoms with Crippen LogP contribution in [0.1, 0.15) is 19.1 Å². The van der Waals surface area contributed by atoms with Crippen molar-refractivity contribution < 1.29 is 14.0 Å². The molecule has 1 saturated heterocycles. The van der Waals surface area contributed by atoms with E-state index in [-0.39, 0.29) is 30.2 Å². The average Bonchev–Trinajstić information content (AvgIpc) is 3.23. The van der Waals surface area contributed by atoms with E-state index < -0.39 is 0 Å². The maximum atomic E-state index is 12.3. The first-order valence-electron chi connectivity index (χ1n) is 7.70. The maximum Gasteiger partial charge on any atom is 0.225 e. The summed E-state index contributed by atoms with van der Waals surface area (Å²) in [7, 11) is 0. The maximum absolute atomic E-state index is 12.3. The second-order valence-corrected chi connectivity index (χ2v) is 5.89. The van der Waals surface area contributed by atoms with Crippen molar-refractivity contribution in [2.45, 2.75) is 32.5 Å². The van der Waals surface area contributed by atoms with Gasteiger partial charge in [0.2, 0.25) is 11.8 Å². The number of hydrogen-bond acceptors (Lipinski definition) is 4. The summed E-state index contributed by atoms with van der Waals surface area (Å²) in [6, 6.07) is 5.41. The van der Waals surface area contributed by atoms with Crippen molar-refractivity contribution in [3.05, 3.63) is 42.6 Å². The fourth-order valence-corrected chi connectivity index (χ4v) is 2.79. The first-order chi connectivity index (χ1) is 11.1. The smallest absolute Gasteiger partial charge is 0.225 e. The van der Waals surface area contributed by atoms with Gasteiger partial charge in [0.15, 0.2) is 0 Å². The molecule has 3 rings (SSSR count). The highest BCUT2D eigenvalue weighted by molar-refractivity contribution is 5.89. The Kier molecular flexibility index (Phi) is 4.45. The van der Waals surface area contributed by atoms with Crippen molar-refractivity contribution in [1.29, 1.82) is 0 Å². The standard InChI is InChI=1S/C16H20N4O3/c1-12(9-20-6-3-5-17-20)18-16(22)13-8-15(21)19(10-13)11-14-4-2-7-23-14/h2-7,12-13H,8-11H2,1H3,(H,18,22)/t12-,13-/m0/s1. The number of carbonyl (C=O) groups excluding carboxylic acids is 2. The Morgan fingerprint density at radius 2 is 2.39 bits per heavy atom. The molecule has 1 fully saturated rings. The summed E-state index contributed by atoms with van der Waals surface area (Å²) in [6.45, 7) is 3.38. The average molecular weight is 316 g/mol. The molecule has 2 atom stereocenters. The Labute approximate surface area is 134 Å². The van der Waals surface area contributed by atoms with E-state index in [1.54, 1.807) is 28.1 Å². The molecular weight excluding hydrogens is 296 g/mol. The number of rotatable bonds is 6. The molecule has 2 aromatic heterocycles. The van der Waals surface area contributed by atoms with Gasteiger partial charge in [0.25, 0.3) is 0 Å². The lowest BCUT2D eigenvalue weighted by Crippen LogP contribution is -2.40. The van der Waals surface area contributed by atoms with Crippen LogP contribution in [0.4, 0.5) is 0 Å². The van der Waals surface area contributed by atoms with E-state index in [1.807, 2.05) is 25.3 Å². The van der Waals surface area contributed by atoms with Crippen LogP contribution in [-0.2, 0) is 22.7 Å². The molecule has 1 aliphatic rings. The molecule has 0 aliphatic carbocycles. The van der Waals surface area contributed by atoms with Crippen LogP contribution in [0.15, 0.2) is 41.3 Å². The molecule has 1 N–H and O–H groups in total. The topological polar surface area (TPSA) is 80.4 Å². The van der Waals surface area contributed by atoms with E-state index >= 15 is 0 Å². The van der Waals surface area contributed by atoms with E-state index in [1.165, 1.54) is 0 Å². The molecule has 0 unspecified atom stereocenters. The van der Waals surface area contributed by atoms with Gasteiger partial charge in [0.1, 0.15) is 5.76 Å². The molecule has 3 heterocycles. The molecule has 0 bridgehead atoms. The molecule has 23 heavy (non-hydrogen) atoms. The van der Waals surface area contributed by atoms with Crippen molar-refractivity contribution >= 4 is 11.8 Å². The highest BCUT2D eigenvalue weighted by Crippen LogP contribution is 2.20. The van der Waals surface area contributed by atoms with Gasteiger partial charge in [0, 0.05) is 31.4 Å². The van der Waals surface area contributed by atoms with Crippen LogP contribution in [0, 0.1) is 5.92 Å². The van der Waals surface area contributed by atoms with Crippen LogP contribution in [-0.4, -0.2) is 39.1 Å². The number of amides is 2. The summed E-state index contributed by atoms with van der Waals surface area (Å²) < 4.78 is 7.03. The van der Waals surface area contributed by atoms with Crippen molar-refractivity contribution in [2.24, 2.45) is 5.92 Å². The molecule has 2 aromatic rings. The van der Waals surface area contributed by atoms with E-state index in [9.17, 15) is 9.59 Å².